The molecule has 1 saturated heterocycles. The van der Waals surface area contributed by atoms with E-state index in [4.69, 9.17) is 4.74 Å². The van der Waals surface area contributed by atoms with Gasteiger partial charge in [0.25, 0.3) is 0 Å². The highest BCUT2D eigenvalue weighted by atomic mass is 16.5. The summed E-state index contributed by atoms with van der Waals surface area (Å²) < 4.78 is 5.93. The SMILES string of the molecule is N#CC(=CNc1ccccc1OCCN1CCCCC1)c1nn[nH]n1. The maximum Gasteiger partial charge on any atom is 0.216 e. The number of H-pyrrole nitrogens is 1. The van der Waals surface area contributed by atoms with Gasteiger partial charge in [-0.1, -0.05) is 18.6 Å². The summed E-state index contributed by atoms with van der Waals surface area (Å²) in [6, 6.07) is 9.69. The molecular formula is C17H21N7O. The van der Waals surface area contributed by atoms with E-state index in [1.165, 1.54) is 19.3 Å². The molecule has 0 aliphatic carbocycles. The van der Waals surface area contributed by atoms with Gasteiger partial charge in [0, 0.05) is 12.7 Å². The van der Waals surface area contributed by atoms with E-state index in [0.29, 0.717) is 6.61 Å². The summed E-state index contributed by atoms with van der Waals surface area (Å²) in [4.78, 5) is 2.43. The Kier molecular flexibility index (Phi) is 5.96. The minimum Gasteiger partial charge on any atom is -0.490 e. The number of hydrogen-bond acceptors (Lipinski definition) is 7. The van der Waals surface area contributed by atoms with Crippen LogP contribution in [0.5, 0.6) is 5.75 Å². The van der Waals surface area contributed by atoms with Crippen LogP contribution in [-0.2, 0) is 0 Å². The normalized spacial score (nSPS) is 15.6. The molecule has 3 rings (SSSR count). The third-order valence-electron chi connectivity index (χ3n) is 4.08. The molecule has 1 aromatic carbocycles. The lowest BCUT2D eigenvalue weighted by molar-refractivity contribution is 0.184. The number of anilines is 1. The first-order chi connectivity index (χ1) is 12.4. The Morgan fingerprint density at radius 3 is 2.92 bits per heavy atom. The summed E-state index contributed by atoms with van der Waals surface area (Å²) in [5.41, 5.74) is 1.08. The van der Waals surface area contributed by atoms with Crippen molar-refractivity contribution in [2.45, 2.75) is 19.3 Å². The van der Waals surface area contributed by atoms with Gasteiger partial charge >= 0.3 is 0 Å². The van der Waals surface area contributed by atoms with E-state index in [-0.39, 0.29) is 11.4 Å². The molecule has 130 valence electrons. The predicted octanol–water partition coefficient (Wildman–Crippen LogP) is 2.04. The molecule has 0 amide bonds. The number of hydrogen-bond donors (Lipinski definition) is 2. The average molecular weight is 339 g/mol. The Bertz CT molecular complexity index is 730. The highest BCUT2D eigenvalue weighted by Gasteiger charge is 2.10. The third-order valence-corrected chi connectivity index (χ3v) is 4.08. The Morgan fingerprint density at radius 2 is 2.16 bits per heavy atom. The van der Waals surface area contributed by atoms with Crippen molar-refractivity contribution in [1.29, 1.82) is 5.26 Å². The highest BCUT2D eigenvalue weighted by Crippen LogP contribution is 2.24. The summed E-state index contributed by atoms with van der Waals surface area (Å²) in [5, 5.41) is 25.7. The molecule has 8 heteroatoms. The van der Waals surface area contributed by atoms with Crippen LogP contribution < -0.4 is 10.1 Å². The fourth-order valence-corrected chi connectivity index (χ4v) is 2.75. The Morgan fingerprint density at radius 1 is 1.32 bits per heavy atom. The number of rotatable bonds is 7. The number of nitrogens with zero attached hydrogens (tertiary/aromatic N) is 5. The second kappa shape index (κ2) is 8.80. The van der Waals surface area contributed by atoms with Crippen LogP contribution >= 0.6 is 0 Å². The first-order valence-electron chi connectivity index (χ1n) is 8.41. The van der Waals surface area contributed by atoms with Gasteiger partial charge in [-0.3, -0.25) is 4.90 Å². The van der Waals surface area contributed by atoms with Crippen LogP contribution in [-0.4, -0.2) is 51.8 Å². The van der Waals surface area contributed by atoms with Crippen molar-refractivity contribution < 1.29 is 4.74 Å². The van der Waals surface area contributed by atoms with Crippen molar-refractivity contribution in [3.63, 3.8) is 0 Å². The number of tetrazole rings is 1. The van der Waals surface area contributed by atoms with Crippen LogP contribution in [0.25, 0.3) is 5.57 Å². The fraction of sp³-hybridized carbons (Fsp3) is 0.412. The van der Waals surface area contributed by atoms with Crippen molar-refractivity contribution >= 4 is 11.3 Å². The summed E-state index contributed by atoms with van der Waals surface area (Å²) >= 11 is 0. The molecule has 1 fully saturated rings. The van der Waals surface area contributed by atoms with Crippen LogP contribution in [0.1, 0.15) is 25.1 Å². The molecule has 25 heavy (non-hydrogen) atoms. The zero-order chi connectivity index (χ0) is 17.3. The van der Waals surface area contributed by atoms with E-state index < -0.39 is 0 Å². The second-order valence-electron chi connectivity index (χ2n) is 5.80. The van der Waals surface area contributed by atoms with Gasteiger partial charge in [-0.15, -0.1) is 10.2 Å². The van der Waals surface area contributed by atoms with Crippen molar-refractivity contribution in [2.75, 3.05) is 31.6 Å². The number of nitrogens with one attached hydrogen (secondary N) is 2. The number of aromatic amines is 1. The van der Waals surface area contributed by atoms with Crippen molar-refractivity contribution in [3.8, 4) is 11.8 Å². The Hall–Kier alpha value is -2.92. The molecule has 0 bridgehead atoms. The lowest BCUT2D eigenvalue weighted by Crippen LogP contribution is -2.33. The molecular weight excluding hydrogens is 318 g/mol. The topological polar surface area (TPSA) is 103 Å². The average Bonchev–Trinajstić information content (AvgIpc) is 3.19. The van der Waals surface area contributed by atoms with Crippen molar-refractivity contribution in [1.82, 2.24) is 25.5 Å². The number of likely N-dealkylation sites (tertiary alicyclic amines) is 1. The maximum atomic E-state index is 9.21. The molecule has 8 nitrogen and oxygen atoms in total. The van der Waals surface area contributed by atoms with E-state index in [9.17, 15) is 5.26 Å². The molecule has 0 atom stereocenters. The van der Waals surface area contributed by atoms with Gasteiger partial charge in [-0.05, 0) is 43.3 Å². The third kappa shape index (κ3) is 4.78. The van der Waals surface area contributed by atoms with Gasteiger partial charge in [-0.2, -0.15) is 10.5 Å². The lowest BCUT2D eigenvalue weighted by Gasteiger charge is -2.26. The quantitative estimate of drug-likeness (QED) is 0.744. The molecule has 2 heterocycles. The van der Waals surface area contributed by atoms with Crippen LogP contribution in [0.2, 0.25) is 0 Å². The smallest absolute Gasteiger partial charge is 0.216 e. The van der Waals surface area contributed by atoms with E-state index in [0.717, 1.165) is 31.1 Å². The van der Waals surface area contributed by atoms with Gasteiger partial charge in [0.15, 0.2) is 0 Å². The fourth-order valence-electron chi connectivity index (χ4n) is 2.75. The number of para-hydroxylation sites is 2. The standard InChI is InChI=1S/C17H21N7O/c18-12-14(17-20-22-23-21-17)13-19-15-6-2-3-7-16(15)25-11-10-24-8-4-1-5-9-24/h2-3,6-7,13,19H,1,4-5,8-11H2,(H,20,21,22,23). The number of piperidine rings is 1. The lowest BCUT2D eigenvalue weighted by atomic mass is 10.1. The molecule has 1 aliphatic heterocycles. The van der Waals surface area contributed by atoms with Crippen LogP contribution in [0.15, 0.2) is 30.5 Å². The first-order valence-corrected chi connectivity index (χ1v) is 8.41. The minimum atomic E-state index is 0.249. The molecule has 0 spiro atoms. The van der Waals surface area contributed by atoms with Gasteiger partial charge in [0.1, 0.15) is 24.0 Å². The number of allylic oxidation sites excluding steroid dienone is 1. The van der Waals surface area contributed by atoms with Crippen molar-refractivity contribution in [3.05, 3.63) is 36.3 Å². The zero-order valence-corrected chi connectivity index (χ0v) is 14.0. The van der Waals surface area contributed by atoms with Gasteiger partial charge in [0.05, 0.1) is 5.69 Å². The van der Waals surface area contributed by atoms with Gasteiger partial charge in [-0.25, -0.2) is 0 Å². The van der Waals surface area contributed by atoms with Crippen LogP contribution in [0.4, 0.5) is 5.69 Å². The highest BCUT2D eigenvalue weighted by molar-refractivity contribution is 5.74. The zero-order valence-electron chi connectivity index (χ0n) is 14.0. The molecule has 0 unspecified atom stereocenters. The molecule has 2 N–H and O–H groups in total. The predicted molar refractivity (Wildman–Crippen MR) is 93.6 cm³/mol. The molecule has 1 aromatic heterocycles. The molecule has 0 radical (unpaired) electrons. The summed E-state index contributed by atoms with van der Waals surface area (Å²) in [6.07, 6.45) is 5.43. The summed E-state index contributed by atoms with van der Waals surface area (Å²) in [6.45, 7) is 3.87. The Balaban J connectivity index is 1.59. The summed E-state index contributed by atoms with van der Waals surface area (Å²) in [7, 11) is 0. The number of aromatic nitrogens is 4. The van der Waals surface area contributed by atoms with Gasteiger partial charge < -0.3 is 10.1 Å². The summed E-state index contributed by atoms with van der Waals surface area (Å²) in [5.74, 6) is 1.000. The van der Waals surface area contributed by atoms with E-state index in [1.54, 1.807) is 6.20 Å². The van der Waals surface area contributed by atoms with E-state index in [2.05, 4.69) is 30.8 Å². The number of ether oxygens (including phenoxy) is 1. The number of benzene rings is 1. The van der Waals surface area contributed by atoms with Crippen molar-refractivity contribution in [2.24, 2.45) is 0 Å². The minimum absolute atomic E-state index is 0.249. The largest absolute Gasteiger partial charge is 0.490 e. The van der Waals surface area contributed by atoms with Crippen LogP contribution in [0.3, 0.4) is 0 Å². The molecule has 1 aliphatic rings. The van der Waals surface area contributed by atoms with Crippen LogP contribution in [0, 0.1) is 11.3 Å². The monoisotopic (exact) mass is 339 g/mol. The molecule has 0 saturated carbocycles. The maximum absolute atomic E-state index is 9.21. The second-order valence-corrected chi connectivity index (χ2v) is 5.80. The Labute approximate surface area is 146 Å². The van der Waals surface area contributed by atoms with Gasteiger partial charge in [0.2, 0.25) is 5.82 Å². The van der Waals surface area contributed by atoms with E-state index in [1.807, 2.05) is 30.3 Å². The van der Waals surface area contributed by atoms with E-state index >= 15 is 0 Å². The first kappa shape index (κ1) is 16.9. The number of nitriles is 1. The molecule has 2 aromatic rings.